The van der Waals surface area contributed by atoms with Gasteiger partial charge < -0.3 is 9.47 Å². The number of ether oxygens (including phenoxy) is 2. The summed E-state index contributed by atoms with van der Waals surface area (Å²) in [6, 6.07) is 11.8. The molecule has 0 unspecified atom stereocenters. The predicted octanol–water partition coefficient (Wildman–Crippen LogP) is 4.18. The van der Waals surface area contributed by atoms with Crippen LogP contribution in [0.3, 0.4) is 0 Å². The number of hydrazone groups is 1. The Labute approximate surface area is 159 Å². The minimum atomic E-state index is -0.431. The Bertz CT molecular complexity index is 965. The van der Waals surface area contributed by atoms with Crippen molar-refractivity contribution in [3.8, 4) is 22.8 Å². The van der Waals surface area contributed by atoms with E-state index in [2.05, 4.69) is 15.5 Å². The van der Waals surface area contributed by atoms with E-state index in [1.807, 2.05) is 18.2 Å². The average Bonchev–Trinajstić information content (AvgIpc) is 3.17. The quantitative estimate of drug-likeness (QED) is 0.373. The lowest BCUT2D eigenvalue weighted by Crippen LogP contribution is -1.97. The number of nitro benzene ring substituents is 1. The van der Waals surface area contributed by atoms with Crippen molar-refractivity contribution in [2.24, 2.45) is 5.10 Å². The summed E-state index contributed by atoms with van der Waals surface area (Å²) in [4.78, 5) is 14.9. The number of methoxy groups -OCH3 is 2. The molecule has 0 aliphatic rings. The molecule has 3 aromatic rings. The average molecular weight is 384 g/mol. The first-order valence-corrected chi connectivity index (χ1v) is 8.70. The lowest BCUT2D eigenvalue weighted by molar-refractivity contribution is -0.384. The highest BCUT2D eigenvalue weighted by atomic mass is 32.1. The van der Waals surface area contributed by atoms with Gasteiger partial charge in [0, 0.05) is 23.1 Å². The van der Waals surface area contributed by atoms with Crippen LogP contribution in [0.1, 0.15) is 5.56 Å². The highest BCUT2D eigenvalue weighted by Crippen LogP contribution is 2.28. The van der Waals surface area contributed by atoms with Gasteiger partial charge in [0.15, 0.2) is 0 Å². The van der Waals surface area contributed by atoms with Crippen molar-refractivity contribution in [1.82, 2.24) is 4.98 Å². The summed E-state index contributed by atoms with van der Waals surface area (Å²) < 4.78 is 10.6. The number of nitro groups is 1. The zero-order valence-electron chi connectivity index (χ0n) is 14.6. The Morgan fingerprint density at radius 1 is 1.19 bits per heavy atom. The number of hydrogen-bond donors (Lipinski definition) is 1. The maximum absolute atomic E-state index is 10.9. The lowest BCUT2D eigenvalue weighted by atomic mass is 10.1. The molecular weight excluding hydrogens is 368 g/mol. The second-order valence-electron chi connectivity index (χ2n) is 5.29. The fraction of sp³-hybridized carbons (Fsp3) is 0.111. The summed E-state index contributed by atoms with van der Waals surface area (Å²) in [5.41, 5.74) is 4.88. The fourth-order valence-electron chi connectivity index (χ4n) is 2.40. The maximum Gasteiger partial charge on any atom is 0.270 e. The third kappa shape index (κ3) is 4.21. The largest absolute Gasteiger partial charge is 0.496 e. The molecule has 2 aromatic carbocycles. The van der Waals surface area contributed by atoms with Crippen LogP contribution in [0, 0.1) is 10.1 Å². The molecule has 0 aliphatic heterocycles. The summed E-state index contributed by atoms with van der Waals surface area (Å²) in [5.74, 6) is 1.27. The zero-order valence-corrected chi connectivity index (χ0v) is 15.4. The minimum absolute atomic E-state index is 0.0243. The van der Waals surface area contributed by atoms with Crippen LogP contribution in [0.5, 0.6) is 11.5 Å². The molecular formula is C18H16N4O4S. The topological polar surface area (TPSA) is 98.9 Å². The highest BCUT2D eigenvalue weighted by molar-refractivity contribution is 7.14. The van der Waals surface area contributed by atoms with Crippen molar-refractivity contribution in [2.75, 3.05) is 19.6 Å². The predicted molar refractivity (Wildman–Crippen MR) is 105 cm³/mol. The second-order valence-corrected chi connectivity index (χ2v) is 6.15. The van der Waals surface area contributed by atoms with Crippen LogP contribution >= 0.6 is 11.3 Å². The van der Waals surface area contributed by atoms with E-state index in [1.54, 1.807) is 37.9 Å². The molecule has 27 heavy (non-hydrogen) atoms. The van der Waals surface area contributed by atoms with E-state index >= 15 is 0 Å². The van der Waals surface area contributed by atoms with Crippen LogP contribution in [0.25, 0.3) is 11.3 Å². The van der Waals surface area contributed by atoms with E-state index in [9.17, 15) is 10.1 Å². The molecule has 0 saturated carbocycles. The van der Waals surface area contributed by atoms with Gasteiger partial charge in [0.2, 0.25) is 5.13 Å². The van der Waals surface area contributed by atoms with Gasteiger partial charge in [-0.25, -0.2) is 4.98 Å². The fourth-order valence-corrected chi connectivity index (χ4v) is 3.06. The van der Waals surface area contributed by atoms with E-state index < -0.39 is 4.92 Å². The Morgan fingerprint density at radius 2 is 1.89 bits per heavy atom. The SMILES string of the molecule is COc1cccc(OC)c1/C=N/Nc1nc(-c2cccc([N+](=O)[O-])c2)cs1. The van der Waals surface area contributed by atoms with E-state index in [4.69, 9.17) is 9.47 Å². The Kier molecular flexibility index (Phi) is 5.62. The molecule has 138 valence electrons. The summed E-state index contributed by atoms with van der Waals surface area (Å²) in [6.45, 7) is 0. The molecule has 1 N–H and O–H groups in total. The minimum Gasteiger partial charge on any atom is -0.496 e. The summed E-state index contributed by atoms with van der Waals surface area (Å²) >= 11 is 1.35. The molecule has 9 heteroatoms. The summed E-state index contributed by atoms with van der Waals surface area (Å²) in [5, 5.41) is 17.5. The first-order chi connectivity index (χ1) is 13.1. The van der Waals surface area contributed by atoms with Crippen LogP contribution in [0.4, 0.5) is 10.8 Å². The van der Waals surface area contributed by atoms with E-state index in [0.29, 0.717) is 33.5 Å². The number of aromatic nitrogens is 1. The molecule has 0 spiro atoms. The Morgan fingerprint density at radius 3 is 2.56 bits per heavy atom. The number of rotatable bonds is 7. The molecule has 0 fully saturated rings. The Hall–Kier alpha value is -3.46. The standard InChI is InChI=1S/C18H16N4O4S/c1-25-16-7-4-8-17(26-2)14(16)10-19-21-18-20-15(11-27-18)12-5-3-6-13(9-12)22(23)24/h3-11H,1-2H3,(H,20,21)/b19-10+. The van der Waals surface area contributed by atoms with Crippen molar-refractivity contribution in [3.05, 3.63) is 63.5 Å². The molecule has 0 aliphatic carbocycles. The third-order valence-electron chi connectivity index (χ3n) is 3.68. The van der Waals surface area contributed by atoms with Crippen LogP contribution in [-0.4, -0.2) is 30.3 Å². The van der Waals surface area contributed by atoms with Gasteiger partial charge in [-0.15, -0.1) is 11.3 Å². The molecule has 0 bridgehead atoms. The monoisotopic (exact) mass is 384 g/mol. The van der Waals surface area contributed by atoms with Gasteiger partial charge in [-0.2, -0.15) is 5.10 Å². The zero-order chi connectivity index (χ0) is 19.2. The van der Waals surface area contributed by atoms with Crippen molar-refractivity contribution < 1.29 is 14.4 Å². The molecule has 1 aromatic heterocycles. The smallest absolute Gasteiger partial charge is 0.270 e. The van der Waals surface area contributed by atoms with Crippen LogP contribution in [0.15, 0.2) is 52.9 Å². The molecule has 0 atom stereocenters. The van der Waals surface area contributed by atoms with Crippen LogP contribution in [-0.2, 0) is 0 Å². The highest BCUT2D eigenvalue weighted by Gasteiger charge is 2.10. The van der Waals surface area contributed by atoms with Gasteiger partial charge in [-0.1, -0.05) is 18.2 Å². The van der Waals surface area contributed by atoms with Crippen molar-refractivity contribution in [3.63, 3.8) is 0 Å². The molecule has 0 saturated heterocycles. The summed E-state index contributed by atoms with van der Waals surface area (Å²) in [6.07, 6.45) is 1.59. The summed E-state index contributed by atoms with van der Waals surface area (Å²) in [7, 11) is 3.15. The van der Waals surface area contributed by atoms with Crippen molar-refractivity contribution >= 4 is 28.4 Å². The number of anilines is 1. The Balaban J connectivity index is 1.77. The first-order valence-electron chi connectivity index (χ1n) is 7.83. The van der Waals surface area contributed by atoms with E-state index in [0.717, 1.165) is 0 Å². The van der Waals surface area contributed by atoms with E-state index in [-0.39, 0.29) is 5.69 Å². The maximum atomic E-state index is 10.9. The van der Waals surface area contributed by atoms with Crippen molar-refractivity contribution in [2.45, 2.75) is 0 Å². The van der Waals surface area contributed by atoms with Gasteiger partial charge in [0.05, 0.1) is 36.6 Å². The first kappa shape index (κ1) is 18.3. The number of nitrogens with zero attached hydrogens (tertiary/aromatic N) is 3. The molecule has 0 amide bonds. The number of nitrogens with one attached hydrogen (secondary N) is 1. The number of non-ortho nitro benzene ring substituents is 1. The van der Waals surface area contributed by atoms with Gasteiger partial charge >= 0.3 is 0 Å². The molecule has 0 radical (unpaired) electrons. The van der Waals surface area contributed by atoms with Crippen molar-refractivity contribution in [1.29, 1.82) is 0 Å². The van der Waals surface area contributed by atoms with Gasteiger partial charge in [0.1, 0.15) is 11.5 Å². The number of thiazole rings is 1. The molecule has 3 rings (SSSR count). The van der Waals surface area contributed by atoms with Gasteiger partial charge in [-0.05, 0) is 12.1 Å². The number of benzene rings is 2. The van der Waals surface area contributed by atoms with Gasteiger partial charge in [0.25, 0.3) is 5.69 Å². The van der Waals surface area contributed by atoms with Crippen LogP contribution in [0.2, 0.25) is 0 Å². The molecule has 1 heterocycles. The van der Waals surface area contributed by atoms with Gasteiger partial charge in [-0.3, -0.25) is 15.5 Å². The number of hydrogen-bond acceptors (Lipinski definition) is 8. The molecule has 8 nitrogen and oxygen atoms in total. The lowest BCUT2D eigenvalue weighted by Gasteiger charge is -2.08. The normalized spacial score (nSPS) is 10.7. The second kappa shape index (κ2) is 8.28. The third-order valence-corrected chi connectivity index (χ3v) is 4.42. The van der Waals surface area contributed by atoms with E-state index in [1.165, 1.54) is 23.5 Å². The van der Waals surface area contributed by atoms with Crippen LogP contribution < -0.4 is 14.9 Å².